The number of rotatable bonds is 0. The molecule has 16 heavy (non-hydrogen) atoms. The molecule has 3 aliphatic rings. The van der Waals surface area contributed by atoms with E-state index in [0.29, 0.717) is 10.8 Å². The molecule has 3 rings (SSSR count). The minimum Gasteiger partial charge on any atom is -0.0996 e. The zero-order valence-electron chi connectivity index (χ0n) is 11.3. The molecule has 5 atom stereocenters. The van der Waals surface area contributed by atoms with E-state index < -0.39 is 0 Å². The van der Waals surface area contributed by atoms with Gasteiger partial charge >= 0.3 is 0 Å². The Labute approximate surface area is 101 Å². The van der Waals surface area contributed by atoms with Crippen molar-refractivity contribution in [2.45, 2.75) is 53.4 Å². The van der Waals surface area contributed by atoms with Gasteiger partial charge in [-0.1, -0.05) is 39.8 Å². The highest BCUT2D eigenvalue weighted by Gasteiger charge is 2.69. The molecule has 0 unspecified atom stereocenters. The third kappa shape index (κ3) is 1.07. The summed E-state index contributed by atoms with van der Waals surface area (Å²) >= 11 is 0. The Bertz CT molecular complexity index is 338. The topological polar surface area (TPSA) is 0 Å². The molecule has 0 spiro atoms. The normalized spacial score (nSPS) is 54.1. The van der Waals surface area contributed by atoms with E-state index in [-0.39, 0.29) is 0 Å². The van der Waals surface area contributed by atoms with Gasteiger partial charge in [0.2, 0.25) is 0 Å². The van der Waals surface area contributed by atoms with E-state index in [0.717, 1.165) is 23.7 Å². The second-order valence-corrected chi connectivity index (χ2v) is 7.50. The fraction of sp³-hybridized carbons (Fsp3) is 0.875. The van der Waals surface area contributed by atoms with Crippen LogP contribution < -0.4 is 0 Å². The van der Waals surface area contributed by atoms with Crippen LogP contribution >= 0.6 is 0 Å². The van der Waals surface area contributed by atoms with Gasteiger partial charge in [-0.15, -0.1) is 0 Å². The van der Waals surface area contributed by atoms with Gasteiger partial charge in [0.1, 0.15) is 0 Å². The Balaban J connectivity index is 2.03. The van der Waals surface area contributed by atoms with Crippen molar-refractivity contribution in [1.29, 1.82) is 0 Å². The number of hydrogen-bond acceptors (Lipinski definition) is 0. The molecule has 0 aliphatic heterocycles. The SMILES string of the molecule is C=C1CC[C@@H]2[C@@H](C2(C)C)[C@]2(C)[C@H](C)CC[C@H]12. The summed E-state index contributed by atoms with van der Waals surface area (Å²) in [4.78, 5) is 0. The van der Waals surface area contributed by atoms with E-state index >= 15 is 0 Å². The van der Waals surface area contributed by atoms with Crippen LogP contribution in [0.15, 0.2) is 12.2 Å². The van der Waals surface area contributed by atoms with Crippen LogP contribution in [0.25, 0.3) is 0 Å². The number of hydrogen-bond donors (Lipinski definition) is 0. The van der Waals surface area contributed by atoms with Gasteiger partial charge in [-0.2, -0.15) is 0 Å². The molecule has 0 aromatic rings. The van der Waals surface area contributed by atoms with Crippen LogP contribution in [0.1, 0.15) is 53.4 Å². The number of allylic oxidation sites excluding steroid dienone is 1. The third-order valence-corrected chi connectivity index (χ3v) is 6.69. The van der Waals surface area contributed by atoms with Crippen LogP contribution in [0.2, 0.25) is 0 Å². The van der Waals surface area contributed by atoms with Crippen molar-refractivity contribution in [3.63, 3.8) is 0 Å². The molecular weight excluding hydrogens is 192 g/mol. The summed E-state index contributed by atoms with van der Waals surface area (Å²) < 4.78 is 0. The van der Waals surface area contributed by atoms with E-state index in [1.807, 2.05) is 0 Å². The molecule has 0 aromatic heterocycles. The van der Waals surface area contributed by atoms with Crippen LogP contribution in [-0.4, -0.2) is 0 Å². The van der Waals surface area contributed by atoms with Gasteiger partial charge in [0.05, 0.1) is 0 Å². The largest absolute Gasteiger partial charge is 0.0996 e. The average Bonchev–Trinajstić information content (AvgIpc) is 2.67. The highest BCUT2D eigenvalue weighted by molar-refractivity contribution is 5.24. The lowest BCUT2D eigenvalue weighted by Crippen LogP contribution is -2.32. The molecular formula is C16H26. The molecule has 90 valence electrons. The highest BCUT2D eigenvalue weighted by Crippen LogP contribution is 2.75. The summed E-state index contributed by atoms with van der Waals surface area (Å²) in [5.74, 6) is 3.70. The predicted octanol–water partition coefficient (Wildman–Crippen LogP) is 4.66. The van der Waals surface area contributed by atoms with Gasteiger partial charge in [-0.25, -0.2) is 0 Å². The first-order chi connectivity index (χ1) is 7.40. The van der Waals surface area contributed by atoms with Crippen LogP contribution in [0.4, 0.5) is 0 Å². The van der Waals surface area contributed by atoms with Crippen molar-refractivity contribution in [2.24, 2.45) is 34.5 Å². The number of fused-ring (bicyclic) bond motifs is 3. The Morgan fingerprint density at radius 3 is 2.50 bits per heavy atom. The minimum atomic E-state index is 0.571. The maximum absolute atomic E-state index is 4.40. The summed E-state index contributed by atoms with van der Waals surface area (Å²) in [6, 6.07) is 0. The van der Waals surface area contributed by atoms with Gasteiger partial charge in [-0.3, -0.25) is 0 Å². The summed E-state index contributed by atoms with van der Waals surface area (Å²) in [5.41, 5.74) is 2.77. The molecule has 0 aromatic carbocycles. The molecule has 0 heterocycles. The highest BCUT2D eigenvalue weighted by atomic mass is 14.7. The summed E-state index contributed by atoms with van der Waals surface area (Å²) in [6.45, 7) is 14.5. The van der Waals surface area contributed by atoms with Crippen molar-refractivity contribution in [1.82, 2.24) is 0 Å². The summed E-state index contributed by atoms with van der Waals surface area (Å²) in [5, 5.41) is 0. The molecule has 0 N–H and O–H groups in total. The van der Waals surface area contributed by atoms with E-state index in [9.17, 15) is 0 Å². The quantitative estimate of drug-likeness (QED) is 0.519. The Kier molecular flexibility index (Phi) is 2.00. The lowest BCUT2D eigenvalue weighted by atomic mass is 9.66. The smallest absolute Gasteiger partial charge is 0.0146 e. The molecule has 0 nitrogen and oxygen atoms in total. The maximum atomic E-state index is 4.40. The third-order valence-electron chi connectivity index (χ3n) is 6.69. The Morgan fingerprint density at radius 2 is 1.81 bits per heavy atom. The van der Waals surface area contributed by atoms with Crippen molar-refractivity contribution in [2.75, 3.05) is 0 Å². The second-order valence-electron chi connectivity index (χ2n) is 7.50. The van der Waals surface area contributed by atoms with E-state index in [4.69, 9.17) is 0 Å². The monoisotopic (exact) mass is 218 g/mol. The molecule has 0 amide bonds. The van der Waals surface area contributed by atoms with Crippen molar-refractivity contribution >= 4 is 0 Å². The Morgan fingerprint density at radius 1 is 1.12 bits per heavy atom. The lowest BCUT2D eigenvalue weighted by molar-refractivity contribution is 0.132. The van der Waals surface area contributed by atoms with Crippen LogP contribution in [-0.2, 0) is 0 Å². The van der Waals surface area contributed by atoms with Gasteiger partial charge in [-0.05, 0) is 60.2 Å². The standard InChI is InChI=1S/C16H26/c1-10-6-8-13-14(15(13,3)4)16(5)11(2)7-9-12(10)16/h11-14H,1,6-9H2,2-5H3/t11-,12-,13-,14+,16-/m1/s1. The Hall–Kier alpha value is -0.260. The first-order valence-electron chi connectivity index (χ1n) is 7.07. The fourth-order valence-electron chi connectivity index (χ4n) is 5.58. The molecule has 0 saturated heterocycles. The molecule has 0 heteroatoms. The maximum Gasteiger partial charge on any atom is -0.0146 e. The first-order valence-corrected chi connectivity index (χ1v) is 7.07. The van der Waals surface area contributed by atoms with Crippen LogP contribution in [0, 0.1) is 34.5 Å². The molecule has 0 radical (unpaired) electrons. The summed E-state index contributed by atoms with van der Waals surface area (Å²) in [6.07, 6.45) is 5.56. The van der Waals surface area contributed by atoms with Crippen LogP contribution in [0.5, 0.6) is 0 Å². The van der Waals surface area contributed by atoms with Crippen molar-refractivity contribution in [3.05, 3.63) is 12.2 Å². The zero-order valence-corrected chi connectivity index (χ0v) is 11.3. The van der Waals surface area contributed by atoms with Gasteiger partial charge in [0.15, 0.2) is 0 Å². The molecule has 3 saturated carbocycles. The minimum absolute atomic E-state index is 0.571. The van der Waals surface area contributed by atoms with E-state index in [2.05, 4.69) is 34.3 Å². The zero-order chi connectivity index (χ0) is 11.7. The van der Waals surface area contributed by atoms with E-state index in [1.165, 1.54) is 25.7 Å². The summed E-state index contributed by atoms with van der Waals surface area (Å²) in [7, 11) is 0. The fourth-order valence-corrected chi connectivity index (χ4v) is 5.58. The van der Waals surface area contributed by atoms with Crippen molar-refractivity contribution < 1.29 is 0 Å². The van der Waals surface area contributed by atoms with Crippen LogP contribution in [0.3, 0.4) is 0 Å². The molecule has 3 aliphatic carbocycles. The lowest BCUT2D eigenvalue weighted by Gasteiger charge is -2.38. The average molecular weight is 218 g/mol. The molecule has 0 bridgehead atoms. The second kappa shape index (κ2) is 2.94. The predicted molar refractivity (Wildman–Crippen MR) is 69.1 cm³/mol. The van der Waals surface area contributed by atoms with Crippen molar-refractivity contribution in [3.8, 4) is 0 Å². The van der Waals surface area contributed by atoms with Gasteiger partial charge in [0, 0.05) is 0 Å². The molecule has 3 fully saturated rings. The van der Waals surface area contributed by atoms with Gasteiger partial charge < -0.3 is 0 Å². The van der Waals surface area contributed by atoms with Gasteiger partial charge in [0.25, 0.3) is 0 Å². The first kappa shape index (κ1) is 10.9. The van der Waals surface area contributed by atoms with E-state index in [1.54, 1.807) is 5.57 Å².